The van der Waals surface area contributed by atoms with Crippen LogP contribution < -0.4 is 4.74 Å². The predicted molar refractivity (Wildman–Crippen MR) is 67.2 cm³/mol. The Hall–Kier alpha value is -1.23. The van der Waals surface area contributed by atoms with Crippen molar-refractivity contribution in [2.45, 2.75) is 52.0 Å². The molecule has 0 spiro atoms. The van der Waals surface area contributed by atoms with E-state index >= 15 is 0 Å². The zero-order chi connectivity index (χ0) is 14.6. The highest BCUT2D eigenvalue weighted by molar-refractivity contribution is 5.36. The van der Waals surface area contributed by atoms with Crippen molar-refractivity contribution in [1.29, 1.82) is 0 Å². The summed E-state index contributed by atoms with van der Waals surface area (Å²) in [5, 5.41) is 9.15. The molecule has 0 aliphatic rings. The number of rotatable bonds is 5. The minimum absolute atomic E-state index is 0.177. The van der Waals surface area contributed by atoms with Gasteiger partial charge in [0.25, 0.3) is 0 Å². The molecule has 19 heavy (non-hydrogen) atoms. The molecule has 0 aliphatic heterocycles. The molecule has 1 aromatic carbocycles. The largest absolute Gasteiger partial charge is 0.491 e. The van der Waals surface area contributed by atoms with Gasteiger partial charge in [-0.05, 0) is 51.3 Å². The van der Waals surface area contributed by atoms with Crippen molar-refractivity contribution in [2.24, 2.45) is 0 Å². The molecule has 2 unspecified atom stereocenters. The number of hydrogen-bond donors (Lipinski definition) is 1. The number of benzene rings is 1. The maximum atomic E-state index is 12.7. The van der Waals surface area contributed by atoms with E-state index in [4.69, 9.17) is 9.84 Å². The molecule has 1 aromatic rings. The third-order valence-corrected chi connectivity index (χ3v) is 2.84. The van der Waals surface area contributed by atoms with Crippen LogP contribution in [0.2, 0.25) is 0 Å². The lowest BCUT2D eigenvalue weighted by Gasteiger charge is -2.17. The summed E-state index contributed by atoms with van der Waals surface area (Å²) < 4.78 is 43.6. The molecule has 0 radical (unpaired) electrons. The molecule has 1 N–H and O–H groups in total. The Morgan fingerprint density at radius 3 is 2.37 bits per heavy atom. The smallest absolute Gasteiger partial charge is 0.416 e. The molecule has 2 atom stereocenters. The molecular weight excluding hydrogens is 257 g/mol. The van der Waals surface area contributed by atoms with Crippen molar-refractivity contribution in [3.05, 3.63) is 29.3 Å². The Morgan fingerprint density at radius 2 is 1.84 bits per heavy atom. The van der Waals surface area contributed by atoms with Crippen molar-refractivity contribution in [3.63, 3.8) is 0 Å². The van der Waals surface area contributed by atoms with Crippen LogP contribution in [0.25, 0.3) is 0 Å². The average molecular weight is 276 g/mol. The summed E-state index contributed by atoms with van der Waals surface area (Å²) in [5.41, 5.74) is -0.496. The summed E-state index contributed by atoms with van der Waals surface area (Å²) in [4.78, 5) is 0. The van der Waals surface area contributed by atoms with E-state index in [1.807, 2.05) is 0 Å². The van der Waals surface area contributed by atoms with Crippen LogP contribution in [0.1, 0.15) is 37.8 Å². The number of aliphatic hydroxyl groups is 1. The second kappa shape index (κ2) is 6.28. The van der Waals surface area contributed by atoms with Crippen LogP contribution >= 0.6 is 0 Å². The van der Waals surface area contributed by atoms with Gasteiger partial charge in [0, 0.05) is 0 Å². The van der Waals surface area contributed by atoms with E-state index in [1.54, 1.807) is 13.8 Å². The molecule has 0 fully saturated rings. The van der Waals surface area contributed by atoms with E-state index in [1.165, 1.54) is 19.1 Å². The van der Waals surface area contributed by atoms with Crippen LogP contribution in [0.4, 0.5) is 13.2 Å². The SMILES string of the molecule is Cc1ccc(OC(C)CCC(C)O)cc1C(F)(F)F. The standard InChI is InChI=1S/C14H19F3O2/c1-9-4-7-12(8-13(9)14(15,16)17)19-11(3)6-5-10(2)18/h4,7-8,10-11,18H,5-6H2,1-3H3. The Kier molecular flexibility index (Phi) is 5.23. The molecule has 5 heteroatoms. The summed E-state index contributed by atoms with van der Waals surface area (Å²) in [6.45, 7) is 4.86. The quantitative estimate of drug-likeness (QED) is 0.882. The summed E-state index contributed by atoms with van der Waals surface area (Å²) in [6.07, 6.45) is -3.90. The first-order valence-corrected chi connectivity index (χ1v) is 6.22. The van der Waals surface area contributed by atoms with Gasteiger partial charge in [-0.1, -0.05) is 6.07 Å². The summed E-state index contributed by atoms with van der Waals surface area (Å²) in [5.74, 6) is 0.205. The van der Waals surface area contributed by atoms with Gasteiger partial charge >= 0.3 is 6.18 Å². The minimum Gasteiger partial charge on any atom is -0.491 e. The van der Waals surface area contributed by atoms with Crippen LogP contribution in [0.3, 0.4) is 0 Å². The second-order valence-electron chi connectivity index (χ2n) is 4.83. The lowest BCUT2D eigenvalue weighted by molar-refractivity contribution is -0.138. The van der Waals surface area contributed by atoms with Crippen LogP contribution in [0, 0.1) is 6.92 Å². The highest BCUT2D eigenvalue weighted by Crippen LogP contribution is 2.34. The van der Waals surface area contributed by atoms with Crippen molar-refractivity contribution >= 4 is 0 Å². The van der Waals surface area contributed by atoms with Gasteiger partial charge in [0.15, 0.2) is 0 Å². The van der Waals surface area contributed by atoms with E-state index in [9.17, 15) is 13.2 Å². The van der Waals surface area contributed by atoms with Crippen molar-refractivity contribution < 1.29 is 23.0 Å². The molecule has 0 bridgehead atoms. The third-order valence-electron chi connectivity index (χ3n) is 2.84. The van der Waals surface area contributed by atoms with Crippen molar-refractivity contribution in [1.82, 2.24) is 0 Å². The molecular formula is C14H19F3O2. The molecule has 1 rings (SSSR count). The first-order valence-electron chi connectivity index (χ1n) is 6.22. The van der Waals surface area contributed by atoms with Crippen molar-refractivity contribution in [3.8, 4) is 5.75 Å². The van der Waals surface area contributed by atoms with Crippen LogP contribution in [0.15, 0.2) is 18.2 Å². The molecule has 0 amide bonds. The molecule has 0 aliphatic carbocycles. The molecule has 2 nitrogen and oxygen atoms in total. The number of hydrogen-bond acceptors (Lipinski definition) is 2. The molecule has 108 valence electrons. The maximum Gasteiger partial charge on any atom is 0.416 e. The van der Waals surface area contributed by atoms with Crippen LogP contribution in [-0.4, -0.2) is 17.3 Å². The Balaban J connectivity index is 2.75. The maximum absolute atomic E-state index is 12.7. The normalized spacial score (nSPS) is 15.1. The fraction of sp³-hybridized carbons (Fsp3) is 0.571. The summed E-state index contributed by atoms with van der Waals surface area (Å²) in [7, 11) is 0. The highest BCUT2D eigenvalue weighted by Gasteiger charge is 2.32. The lowest BCUT2D eigenvalue weighted by atomic mass is 10.1. The van der Waals surface area contributed by atoms with E-state index in [0.717, 1.165) is 6.07 Å². The Morgan fingerprint density at radius 1 is 1.21 bits per heavy atom. The summed E-state index contributed by atoms with van der Waals surface area (Å²) >= 11 is 0. The Labute approximate surface area is 111 Å². The van der Waals surface area contributed by atoms with Gasteiger partial charge in [0.2, 0.25) is 0 Å². The van der Waals surface area contributed by atoms with E-state index in [0.29, 0.717) is 12.8 Å². The first-order chi connectivity index (χ1) is 8.70. The monoisotopic (exact) mass is 276 g/mol. The number of ether oxygens (including phenoxy) is 1. The fourth-order valence-electron chi connectivity index (χ4n) is 1.75. The van der Waals surface area contributed by atoms with Gasteiger partial charge in [0.1, 0.15) is 5.75 Å². The zero-order valence-electron chi connectivity index (χ0n) is 11.3. The Bertz CT molecular complexity index is 414. The highest BCUT2D eigenvalue weighted by atomic mass is 19.4. The lowest BCUT2D eigenvalue weighted by Crippen LogP contribution is -2.15. The third kappa shape index (κ3) is 5.11. The first kappa shape index (κ1) is 15.8. The summed E-state index contributed by atoms with van der Waals surface area (Å²) in [6, 6.07) is 3.96. The fourth-order valence-corrected chi connectivity index (χ4v) is 1.75. The van der Waals surface area contributed by atoms with Gasteiger partial charge in [-0.3, -0.25) is 0 Å². The zero-order valence-corrected chi connectivity index (χ0v) is 11.3. The molecule has 0 saturated carbocycles. The van der Waals surface area contributed by atoms with E-state index in [-0.39, 0.29) is 17.4 Å². The number of aliphatic hydroxyl groups excluding tert-OH is 1. The van der Waals surface area contributed by atoms with Crippen molar-refractivity contribution in [2.75, 3.05) is 0 Å². The number of halogens is 3. The number of alkyl halides is 3. The number of aryl methyl sites for hydroxylation is 1. The van der Waals surface area contributed by atoms with Gasteiger partial charge in [-0.25, -0.2) is 0 Å². The topological polar surface area (TPSA) is 29.5 Å². The second-order valence-corrected chi connectivity index (χ2v) is 4.83. The van der Waals surface area contributed by atoms with Crippen LogP contribution in [0.5, 0.6) is 5.75 Å². The van der Waals surface area contributed by atoms with Gasteiger partial charge in [-0.15, -0.1) is 0 Å². The van der Waals surface area contributed by atoms with Crippen LogP contribution in [-0.2, 0) is 6.18 Å². The molecule has 0 aromatic heterocycles. The minimum atomic E-state index is -4.37. The van der Waals surface area contributed by atoms with Gasteiger partial charge in [-0.2, -0.15) is 13.2 Å². The molecule has 0 saturated heterocycles. The average Bonchev–Trinajstić information content (AvgIpc) is 2.27. The van der Waals surface area contributed by atoms with E-state index in [2.05, 4.69) is 0 Å². The molecule has 0 heterocycles. The van der Waals surface area contributed by atoms with E-state index < -0.39 is 17.8 Å². The van der Waals surface area contributed by atoms with Gasteiger partial charge in [0.05, 0.1) is 17.8 Å². The van der Waals surface area contributed by atoms with Gasteiger partial charge < -0.3 is 9.84 Å². The predicted octanol–water partition coefficient (Wildman–Crippen LogP) is 3.94.